The van der Waals surface area contributed by atoms with Gasteiger partial charge in [-0.2, -0.15) is 0 Å². The van der Waals surface area contributed by atoms with E-state index in [-0.39, 0.29) is 0 Å². The van der Waals surface area contributed by atoms with E-state index in [4.69, 9.17) is 16.6 Å². The molecule has 0 aliphatic heterocycles. The van der Waals surface area contributed by atoms with Gasteiger partial charge in [0.1, 0.15) is 5.84 Å². The lowest BCUT2D eigenvalue weighted by molar-refractivity contribution is 1.39. The Kier molecular flexibility index (Phi) is 4.46. The first-order valence-electron chi connectivity index (χ1n) is 7.81. The SMILES string of the molecule is Clc1ccccc1N/C(=N\c1nc2ccccc2s1)c1ccccc1. The van der Waals surface area contributed by atoms with Crippen molar-refractivity contribution in [2.75, 3.05) is 5.32 Å². The molecule has 0 atom stereocenters. The van der Waals surface area contributed by atoms with E-state index < -0.39 is 0 Å². The monoisotopic (exact) mass is 363 g/mol. The second kappa shape index (κ2) is 7.05. The van der Waals surface area contributed by atoms with Crippen LogP contribution in [0, 0.1) is 0 Å². The molecular formula is C20H14ClN3S. The summed E-state index contributed by atoms with van der Waals surface area (Å²) in [5, 5.41) is 4.70. The van der Waals surface area contributed by atoms with Gasteiger partial charge in [0.25, 0.3) is 0 Å². The van der Waals surface area contributed by atoms with Crippen molar-refractivity contribution in [1.82, 2.24) is 4.98 Å². The third-order valence-corrected chi connectivity index (χ3v) is 4.92. The van der Waals surface area contributed by atoms with Crippen LogP contribution in [0.4, 0.5) is 10.8 Å². The van der Waals surface area contributed by atoms with Gasteiger partial charge < -0.3 is 5.32 Å². The number of hydrogen-bond acceptors (Lipinski definition) is 3. The average Bonchev–Trinajstić information content (AvgIpc) is 3.06. The first-order valence-corrected chi connectivity index (χ1v) is 9.00. The fraction of sp³-hybridized carbons (Fsp3) is 0. The van der Waals surface area contributed by atoms with Crippen LogP contribution in [0.5, 0.6) is 0 Å². The number of amidine groups is 1. The summed E-state index contributed by atoms with van der Waals surface area (Å²) in [7, 11) is 0. The van der Waals surface area contributed by atoms with Gasteiger partial charge in [0.05, 0.1) is 20.9 Å². The van der Waals surface area contributed by atoms with Crippen LogP contribution in [0.25, 0.3) is 10.2 Å². The Balaban J connectivity index is 1.78. The highest BCUT2D eigenvalue weighted by Crippen LogP contribution is 2.29. The molecule has 4 aromatic rings. The number of para-hydroxylation sites is 2. The first kappa shape index (κ1) is 15.8. The van der Waals surface area contributed by atoms with E-state index in [1.165, 1.54) is 0 Å². The third-order valence-electron chi connectivity index (χ3n) is 3.66. The highest BCUT2D eigenvalue weighted by Gasteiger charge is 2.09. The summed E-state index contributed by atoms with van der Waals surface area (Å²) < 4.78 is 1.12. The van der Waals surface area contributed by atoms with Gasteiger partial charge in [-0.15, -0.1) is 0 Å². The molecule has 122 valence electrons. The van der Waals surface area contributed by atoms with E-state index in [0.29, 0.717) is 16.0 Å². The zero-order valence-corrected chi connectivity index (χ0v) is 14.8. The maximum absolute atomic E-state index is 6.29. The second-order valence-corrected chi connectivity index (χ2v) is 6.81. The van der Waals surface area contributed by atoms with Crippen molar-refractivity contribution in [2.24, 2.45) is 4.99 Å². The number of aromatic nitrogens is 1. The number of aliphatic imine (C=N–C) groups is 1. The lowest BCUT2D eigenvalue weighted by atomic mass is 10.2. The number of thiazole rings is 1. The number of hydrogen-bond donors (Lipinski definition) is 1. The largest absolute Gasteiger partial charge is 0.338 e. The quantitative estimate of drug-likeness (QED) is 0.350. The molecule has 0 spiro atoms. The number of nitrogens with zero attached hydrogens (tertiary/aromatic N) is 2. The zero-order chi connectivity index (χ0) is 17.1. The van der Waals surface area contributed by atoms with Crippen molar-refractivity contribution < 1.29 is 0 Å². The van der Waals surface area contributed by atoms with Crippen LogP contribution in [0.2, 0.25) is 5.02 Å². The van der Waals surface area contributed by atoms with Crippen LogP contribution >= 0.6 is 22.9 Å². The van der Waals surface area contributed by atoms with Crippen molar-refractivity contribution in [2.45, 2.75) is 0 Å². The van der Waals surface area contributed by atoms with Crippen molar-refractivity contribution in [1.29, 1.82) is 0 Å². The van der Waals surface area contributed by atoms with Crippen molar-refractivity contribution >= 4 is 49.8 Å². The summed E-state index contributed by atoms with van der Waals surface area (Å²) in [5.41, 5.74) is 2.74. The Morgan fingerprint density at radius 2 is 1.60 bits per heavy atom. The molecule has 0 saturated carbocycles. The molecule has 0 radical (unpaired) electrons. The predicted octanol–water partition coefficient (Wildman–Crippen LogP) is 6.14. The molecule has 1 N–H and O–H groups in total. The minimum atomic E-state index is 0.649. The first-order chi connectivity index (χ1) is 12.3. The van der Waals surface area contributed by atoms with Crippen LogP contribution in [-0.4, -0.2) is 10.8 Å². The van der Waals surface area contributed by atoms with E-state index in [1.54, 1.807) is 11.3 Å². The molecule has 5 heteroatoms. The molecule has 0 bridgehead atoms. The number of fused-ring (bicyclic) bond motifs is 1. The molecule has 1 aromatic heterocycles. The molecule has 0 unspecified atom stereocenters. The number of halogens is 1. The summed E-state index contributed by atoms with van der Waals surface area (Å²) in [6, 6.07) is 25.6. The molecule has 0 saturated heterocycles. The summed E-state index contributed by atoms with van der Waals surface area (Å²) in [5.74, 6) is 0.716. The normalized spacial score (nSPS) is 11.6. The Morgan fingerprint density at radius 1 is 0.880 bits per heavy atom. The smallest absolute Gasteiger partial charge is 0.212 e. The summed E-state index contributed by atoms with van der Waals surface area (Å²) >= 11 is 7.86. The number of rotatable bonds is 3. The topological polar surface area (TPSA) is 37.3 Å². The molecule has 0 amide bonds. The van der Waals surface area contributed by atoms with Gasteiger partial charge >= 0.3 is 0 Å². The standard InChI is InChI=1S/C20H14ClN3S/c21-15-10-4-5-11-16(15)22-19(14-8-2-1-3-9-14)24-20-23-17-12-6-7-13-18(17)25-20/h1-13H,(H,22,23,24). The van der Waals surface area contributed by atoms with Crippen LogP contribution in [0.15, 0.2) is 83.9 Å². The molecule has 25 heavy (non-hydrogen) atoms. The third kappa shape index (κ3) is 3.55. The summed E-state index contributed by atoms with van der Waals surface area (Å²) in [6.45, 7) is 0. The number of anilines is 1. The minimum absolute atomic E-state index is 0.649. The average molecular weight is 364 g/mol. The molecule has 0 fully saturated rings. The number of nitrogens with one attached hydrogen (secondary N) is 1. The van der Waals surface area contributed by atoms with Gasteiger partial charge in [-0.05, 0) is 24.3 Å². The second-order valence-electron chi connectivity index (χ2n) is 5.40. The molecule has 3 nitrogen and oxygen atoms in total. The molecule has 0 aliphatic rings. The van der Waals surface area contributed by atoms with Gasteiger partial charge in [0, 0.05) is 5.56 Å². The fourth-order valence-electron chi connectivity index (χ4n) is 2.45. The molecule has 3 aromatic carbocycles. The Bertz CT molecular complexity index is 1010. The van der Waals surface area contributed by atoms with E-state index in [2.05, 4.69) is 16.4 Å². The molecule has 4 rings (SSSR count). The van der Waals surface area contributed by atoms with Crippen molar-refractivity contribution in [3.8, 4) is 0 Å². The predicted molar refractivity (Wildman–Crippen MR) is 107 cm³/mol. The fourth-order valence-corrected chi connectivity index (χ4v) is 3.48. The maximum Gasteiger partial charge on any atom is 0.212 e. The van der Waals surface area contributed by atoms with Gasteiger partial charge in [0.15, 0.2) is 0 Å². The summed E-state index contributed by atoms with van der Waals surface area (Å²) in [4.78, 5) is 9.36. The highest BCUT2D eigenvalue weighted by atomic mass is 35.5. The van der Waals surface area contributed by atoms with E-state index >= 15 is 0 Å². The van der Waals surface area contributed by atoms with Gasteiger partial charge in [0.2, 0.25) is 5.13 Å². The van der Waals surface area contributed by atoms with Gasteiger partial charge in [-0.3, -0.25) is 0 Å². The lowest BCUT2D eigenvalue weighted by Crippen LogP contribution is -2.13. The lowest BCUT2D eigenvalue weighted by Gasteiger charge is -2.11. The minimum Gasteiger partial charge on any atom is -0.338 e. The van der Waals surface area contributed by atoms with Crippen LogP contribution in [0.1, 0.15) is 5.56 Å². The molecule has 1 heterocycles. The van der Waals surface area contributed by atoms with E-state index in [1.807, 2.05) is 72.8 Å². The molecule has 0 aliphatic carbocycles. The van der Waals surface area contributed by atoms with Gasteiger partial charge in [-0.25, -0.2) is 9.98 Å². The van der Waals surface area contributed by atoms with Crippen LogP contribution in [-0.2, 0) is 0 Å². The molecular weight excluding hydrogens is 350 g/mol. The van der Waals surface area contributed by atoms with Crippen LogP contribution in [0.3, 0.4) is 0 Å². The zero-order valence-electron chi connectivity index (χ0n) is 13.2. The Labute approximate surface area is 154 Å². The van der Waals surface area contributed by atoms with E-state index in [9.17, 15) is 0 Å². The van der Waals surface area contributed by atoms with Crippen molar-refractivity contribution in [3.05, 3.63) is 89.4 Å². The van der Waals surface area contributed by atoms with E-state index in [0.717, 1.165) is 21.5 Å². The Hall–Kier alpha value is -2.69. The Morgan fingerprint density at radius 3 is 2.40 bits per heavy atom. The maximum atomic E-state index is 6.29. The number of benzene rings is 3. The van der Waals surface area contributed by atoms with Crippen molar-refractivity contribution in [3.63, 3.8) is 0 Å². The summed E-state index contributed by atoms with van der Waals surface area (Å²) in [6.07, 6.45) is 0. The van der Waals surface area contributed by atoms with Gasteiger partial charge in [-0.1, -0.05) is 77.5 Å². The van der Waals surface area contributed by atoms with Crippen LogP contribution < -0.4 is 5.32 Å². The highest BCUT2D eigenvalue weighted by molar-refractivity contribution is 7.22.